The molecule has 400 valence electrons. The summed E-state index contributed by atoms with van der Waals surface area (Å²) in [6.45, 7) is 5.97. The second kappa shape index (κ2) is 25.8. The van der Waals surface area contributed by atoms with Crippen molar-refractivity contribution in [1.82, 2.24) is 41.7 Å². The minimum absolute atomic E-state index is 0.0583. The summed E-state index contributed by atoms with van der Waals surface area (Å²) in [5, 5.41) is 18.6. The minimum Gasteiger partial charge on any atom is -0.491 e. The molecule has 2 heterocycles. The van der Waals surface area contributed by atoms with Gasteiger partial charge in [-0.3, -0.25) is 28.8 Å². The number of carbonyl (C=O) groups excluding carboxylic acids is 6. The zero-order valence-corrected chi connectivity index (χ0v) is 43.8. The van der Waals surface area contributed by atoms with E-state index in [-0.39, 0.29) is 59.4 Å². The molecule has 2 saturated carbocycles. The fourth-order valence-corrected chi connectivity index (χ4v) is 12.4. The number of fused-ring (bicyclic) bond motifs is 2. The van der Waals surface area contributed by atoms with Gasteiger partial charge >= 0.3 is 0 Å². The number of hydrogen-bond donors (Lipinski definition) is 6. The van der Waals surface area contributed by atoms with Crippen molar-refractivity contribution in [3.05, 3.63) is 58.7 Å². The number of carbonyl (C=O) groups is 6. The second-order valence-corrected chi connectivity index (χ2v) is 21.3. The van der Waals surface area contributed by atoms with Gasteiger partial charge in [-0.15, -0.1) is 0 Å². The largest absolute Gasteiger partial charge is 0.491 e. The Labute approximate surface area is 432 Å². The van der Waals surface area contributed by atoms with Crippen molar-refractivity contribution >= 4 is 35.4 Å². The first-order valence-corrected chi connectivity index (χ1v) is 27.7. The van der Waals surface area contributed by atoms with Crippen molar-refractivity contribution in [3.63, 3.8) is 0 Å². The van der Waals surface area contributed by atoms with E-state index in [9.17, 15) is 28.8 Å². The van der Waals surface area contributed by atoms with E-state index in [0.717, 1.165) is 136 Å². The van der Waals surface area contributed by atoms with E-state index >= 15 is 0 Å². The topological polar surface area (TPSA) is 209 Å². The summed E-state index contributed by atoms with van der Waals surface area (Å²) in [6.07, 6.45) is 15.6. The van der Waals surface area contributed by atoms with Crippen molar-refractivity contribution in [1.29, 1.82) is 0 Å². The summed E-state index contributed by atoms with van der Waals surface area (Å²) in [5.41, 5.74) is 4.19. The number of amides is 6. The summed E-state index contributed by atoms with van der Waals surface area (Å²) in [6, 6.07) is 8.19. The van der Waals surface area contributed by atoms with Crippen LogP contribution in [0.1, 0.15) is 151 Å². The molecular formula is C56H82N8O9. The Balaban J connectivity index is 0.780. The molecule has 2 unspecified atom stereocenters. The van der Waals surface area contributed by atoms with Gasteiger partial charge < -0.3 is 55.9 Å². The maximum Gasteiger partial charge on any atom is 0.246 e. The Morgan fingerprint density at radius 2 is 0.945 bits per heavy atom. The molecule has 4 aliphatic carbocycles. The molecule has 0 aromatic heterocycles. The lowest BCUT2D eigenvalue weighted by atomic mass is 9.83. The van der Waals surface area contributed by atoms with Crippen molar-refractivity contribution < 1.29 is 43.0 Å². The first kappa shape index (κ1) is 54.0. The van der Waals surface area contributed by atoms with Gasteiger partial charge in [0.2, 0.25) is 35.4 Å². The molecule has 6 amide bonds. The van der Waals surface area contributed by atoms with Gasteiger partial charge in [0.1, 0.15) is 48.9 Å². The zero-order valence-electron chi connectivity index (χ0n) is 43.8. The van der Waals surface area contributed by atoms with Crippen molar-refractivity contribution in [2.45, 2.75) is 178 Å². The third-order valence-electron chi connectivity index (χ3n) is 16.8. The molecule has 2 aromatic carbocycles. The van der Waals surface area contributed by atoms with Crippen LogP contribution in [0.3, 0.4) is 0 Å². The average molecular weight is 1010 g/mol. The van der Waals surface area contributed by atoms with E-state index < -0.39 is 36.3 Å². The van der Waals surface area contributed by atoms with Crippen LogP contribution in [0.5, 0.6) is 11.5 Å². The third-order valence-corrected chi connectivity index (χ3v) is 16.8. The molecule has 8 rings (SSSR count). The quantitative estimate of drug-likeness (QED) is 0.0892. The van der Waals surface area contributed by atoms with Crippen molar-refractivity contribution in [2.24, 2.45) is 11.8 Å². The highest BCUT2D eigenvalue weighted by atomic mass is 16.5. The second-order valence-electron chi connectivity index (χ2n) is 21.3. The van der Waals surface area contributed by atoms with Gasteiger partial charge in [-0.1, -0.05) is 62.8 Å². The Kier molecular flexibility index (Phi) is 19.1. The highest BCUT2D eigenvalue weighted by Gasteiger charge is 2.44. The fourth-order valence-electron chi connectivity index (χ4n) is 12.4. The molecule has 17 heteroatoms. The van der Waals surface area contributed by atoms with Crippen molar-refractivity contribution in [2.75, 3.05) is 53.6 Å². The van der Waals surface area contributed by atoms with Crippen LogP contribution in [-0.4, -0.2) is 135 Å². The molecular weight excluding hydrogens is 929 g/mol. The van der Waals surface area contributed by atoms with Gasteiger partial charge in [-0.05, 0) is 151 Å². The molecule has 6 N–H and O–H groups in total. The van der Waals surface area contributed by atoms with Crippen LogP contribution in [0.25, 0.3) is 0 Å². The number of benzene rings is 2. The molecule has 0 bridgehead atoms. The monoisotopic (exact) mass is 1010 g/mol. The smallest absolute Gasteiger partial charge is 0.246 e. The molecule has 0 spiro atoms. The highest BCUT2D eigenvalue weighted by molar-refractivity contribution is 5.95. The molecule has 0 radical (unpaired) electrons. The summed E-state index contributed by atoms with van der Waals surface area (Å²) in [7, 11) is 3.46. The fraction of sp³-hybridized carbons (Fsp3) is 0.679. The lowest BCUT2D eigenvalue weighted by molar-refractivity contribution is -0.143. The molecule has 4 fully saturated rings. The van der Waals surface area contributed by atoms with Crippen LogP contribution in [0.2, 0.25) is 0 Å². The van der Waals surface area contributed by atoms with Gasteiger partial charge in [0, 0.05) is 13.1 Å². The molecule has 2 aliphatic heterocycles. The molecule has 73 heavy (non-hydrogen) atoms. The number of rotatable bonds is 22. The first-order valence-electron chi connectivity index (χ1n) is 27.7. The maximum atomic E-state index is 14.2. The SMILES string of the molecule is CN[C@@H](C)C(=O)NC(C(=O)N1CCC[C@H]1C(=O)N[C@@H]1CCc2c(OCCOCCOc3cccc4c3CC[C@H]4NC(=O)[C@@H]3CCCN3C(=O)C(NC(=O)[C@H](C)NC)C3CCCCC3)cccc21)C1CCCCC1. The third kappa shape index (κ3) is 13.0. The molecule has 17 nitrogen and oxygen atoms in total. The predicted molar refractivity (Wildman–Crippen MR) is 277 cm³/mol. The first-order chi connectivity index (χ1) is 35.5. The van der Waals surface area contributed by atoms with Gasteiger partial charge in [0.25, 0.3) is 0 Å². The summed E-state index contributed by atoms with van der Waals surface area (Å²) in [5.74, 6) is 0.649. The van der Waals surface area contributed by atoms with Crippen LogP contribution in [0, 0.1) is 11.8 Å². The molecule has 2 aromatic rings. The number of likely N-dealkylation sites (tertiary alicyclic amines) is 2. The summed E-state index contributed by atoms with van der Waals surface area (Å²) < 4.78 is 18.4. The van der Waals surface area contributed by atoms with Crippen LogP contribution in [0.15, 0.2) is 36.4 Å². The predicted octanol–water partition coefficient (Wildman–Crippen LogP) is 4.70. The Morgan fingerprint density at radius 1 is 0.534 bits per heavy atom. The zero-order chi connectivity index (χ0) is 51.4. The van der Waals surface area contributed by atoms with E-state index in [0.29, 0.717) is 52.4 Å². The Morgan fingerprint density at radius 3 is 1.34 bits per heavy atom. The van der Waals surface area contributed by atoms with E-state index in [1.54, 1.807) is 37.7 Å². The van der Waals surface area contributed by atoms with E-state index in [1.807, 2.05) is 36.4 Å². The lowest BCUT2D eigenvalue weighted by Crippen LogP contribution is -2.58. The van der Waals surface area contributed by atoms with Crippen molar-refractivity contribution in [3.8, 4) is 11.5 Å². The van der Waals surface area contributed by atoms with Crippen LogP contribution in [0.4, 0.5) is 0 Å². The van der Waals surface area contributed by atoms with Crippen LogP contribution in [-0.2, 0) is 46.3 Å². The highest BCUT2D eigenvalue weighted by Crippen LogP contribution is 2.39. The standard InChI is InChI=1S/C56H82N8O9/c1-35(57-3)51(65)61-49(37-15-7-5-8-16-37)55(69)63-29-13-21-45(63)53(67)59-43-27-25-41-39(43)19-11-23-47(41)72-33-31-71-32-34-73-48-24-12-20-40-42(48)26-28-44(40)60-54(68)46-22-14-30-64(46)56(70)50(38-17-9-6-10-18-38)62-52(66)36(2)58-4/h11-12,19-20,23-24,35-38,43-46,49-50,57-58H,5-10,13-18,21-22,25-34H2,1-4H3,(H,59,67)(H,60,68)(H,61,65)(H,62,66)/t35-,36-,43+,44+,45-,46-,49?,50?/m0/s1. The minimum atomic E-state index is -0.641. The number of likely N-dealkylation sites (N-methyl/N-ethyl adjacent to an activating group) is 2. The van der Waals surface area contributed by atoms with E-state index in [4.69, 9.17) is 14.2 Å². The number of nitrogens with zero attached hydrogens (tertiary/aromatic N) is 2. The number of nitrogens with one attached hydrogen (secondary N) is 6. The Hall–Kier alpha value is -5.26. The van der Waals surface area contributed by atoms with Gasteiger partial charge in [-0.2, -0.15) is 0 Å². The average Bonchev–Trinajstić information content (AvgIpc) is 4.27. The summed E-state index contributed by atoms with van der Waals surface area (Å²) in [4.78, 5) is 85.8. The van der Waals surface area contributed by atoms with E-state index in [2.05, 4.69) is 31.9 Å². The van der Waals surface area contributed by atoms with Crippen LogP contribution >= 0.6 is 0 Å². The van der Waals surface area contributed by atoms with Gasteiger partial charge in [0.15, 0.2) is 0 Å². The number of ether oxygens (including phenoxy) is 3. The van der Waals surface area contributed by atoms with Crippen LogP contribution < -0.4 is 41.4 Å². The van der Waals surface area contributed by atoms with Gasteiger partial charge in [0.05, 0.1) is 37.4 Å². The van der Waals surface area contributed by atoms with Gasteiger partial charge in [-0.25, -0.2) is 0 Å². The maximum absolute atomic E-state index is 14.2. The Bertz CT molecular complexity index is 2100. The molecule has 8 atom stereocenters. The molecule has 2 saturated heterocycles. The number of hydrogen-bond acceptors (Lipinski definition) is 11. The molecule has 6 aliphatic rings. The van der Waals surface area contributed by atoms with E-state index in [1.165, 1.54) is 0 Å². The summed E-state index contributed by atoms with van der Waals surface area (Å²) >= 11 is 0. The lowest BCUT2D eigenvalue weighted by Gasteiger charge is -2.35. The normalized spacial score (nSPS) is 23.7.